The summed E-state index contributed by atoms with van der Waals surface area (Å²) in [5.41, 5.74) is 6.61. The topological polar surface area (TPSA) is 142 Å². The Labute approximate surface area is 188 Å². The number of carbonyl (C=O) groups excluding carboxylic acids is 3. The summed E-state index contributed by atoms with van der Waals surface area (Å²) in [4.78, 5) is 37.1. The summed E-state index contributed by atoms with van der Waals surface area (Å²) < 4.78 is 33.2. The van der Waals surface area contributed by atoms with Crippen LogP contribution in [-0.4, -0.2) is 30.4 Å². The van der Waals surface area contributed by atoms with E-state index >= 15 is 0 Å². The zero-order valence-corrected chi connectivity index (χ0v) is 17.8. The Bertz CT molecular complexity index is 1450. The minimum absolute atomic E-state index is 0.0199. The molecule has 0 unspecified atom stereocenters. The van der Waals surface area contributed by atoms with Gasteiger partial charge in [0.25, 0.3) is 10.1 Å². The van der Waals surface area contributed by atoms with Crippen molar-refractivity contribution in [3.63, 3.8) is 0 Å². The third-order valence-corrected chi connectivity index (χ3v) is 5.79. The molecule has 0 fully saturated rings. The Morgan fingerprint density at radius 3 is 2.18 bits per heavy atom. The zero-order chi connectivity index (χ0) is 23.8. The van der Waals surface area contributed by atoms with Crippen molar-refractivity contribution in [1.82, 2.24) is 0 Å². The maximum atomic E-state index is 13.2. The molecule has 10 heteroatoms. The molecule has 0 saturated heterocycles. The monoisotopic (exact) mass is 463 g/mol. The van der Waals surface area contributed by atoms with Crippen LogP contribution in [0.25, 0.3) is 0 Å². The van der Waals surface area contributed by atoms with Gasteiger partial charge in [0.2, 0.25) is 5.91 Å². The highest BCUT2D eigenvalue weighted by Gasteiger charge is 2.33. The second-order valence-corrected chi connectivity index (χ2v) is 8.52. The molecule has 0 saturated carbocycles. The van der Waals surface area contributed by atoms with Crippen LogP contribution in [0.2, 0.25) is 0 Å². The van der Waals surface area contributed by atoms with Gasteiger partial charge < -0.3 is 16.2 Å². The molecular weight excluding hydrogens is 446 g/mol. The number of anilines is 3. The first-order chi connectivity index (χ1) is 15.7. The van der Waals surface area contributed by atoms with Gasteiger partial charge >= 0.3 is 0 Å². The number of ketones is 2. The summed E-state index contributed by atoms with van der Waals surface area (Å²) in [5.74, 6) is -1.42. The average Bonchev–Trinajstić information content (AvgIpc) is 2.80. The second kappa shape index (κ2) is 8.34. The molecule has 9 nitrogen and oxygen atoms in total. The van der Waals surface area contributed by atoms with Crippen LogP contribution in [0.15, 0.2) is 78.2 Å². The molecule has 4 rings (SSSR count). The van der Waals surface area contributed by atoms with Crippen LogP contribution in [0.5, 0.6) is 0 Å². The van der Waals surface area contributed by atoms with Gasteiger partial charge in [0.1, 0.15) is 0 Å². The van der Waals surface area contributed by atoms with Gasteiger partial charge in [-0.05, 0) is 36.4 Å². The van der Waals surface area contributed by atoms with E-state index < -0.39 is 32.5 Å². The minimum Gasteiger partial charge on any atom is -0.322 e. The van der Waals surface area contributed by atoms with Crippen LogP contribution in [0.3, 0.4) is 0 Å². The molecule has 1 aliphatic carbocycles. The van der Waals surface area contributed by atoms with Crippen molar-refractivity contribution in [3.05, 3.63) is 95.6 Å². The van der Waals surface area contributed by atoms with Crippen LogP contribution >= 0.6 is 0 Å². The van der Waals surface area contributed by atoms with E-state index in [1.807, 2.05) is 0 Å². The highest BCUT2D eigenvalue weighted by molar-refractivity contribution is 7.85. The van der Waals surface area contributed by atoms with Gasteiger partial charge in [-0.15, -0.1) is 0 Å². The molecular formula is C23H17N3O6S. The molecule has 0 aliphatic heterocycles. The molecule has 0 heterocycles. The molecule has 0 aromatic heterocycles. The number of hydrogen-bond donors (Lipinski definition) is 4. The van der Waals surface area contributed by atoms with E-state index in [0.717, 1.165) is 18.2 Å². The van der Waals surface area contributed by atoms with Crippen LogP contribution < -0.4 is 16.2 Å². The first-order valence-corrected chi connectivity index (χ1v) is 11.0. The number of hydrazine groups is 1. The van der Waals surface area contributed by atoms with Gasteiger partial charge in [-0.25, -0.2) is 0 Å². The number of fused-ring (bicyclic) bond motifs is 2. The maximum absolute atomic E-state index is 13.2. The predicted molar refractivity (Wildman–Crippen MR) is 122 cm³/mol. The van der Waals surface area contributed by atoms with Crippen LogP contribution in [-0.2, 0) is 14.9 Å². The van der Waals surface area contributed by atoms with E-state index in [-0.39, 0.29) is 27.9 Å². The molecule has 1 amide bonds. The second-order valence-electron chi connectivity index (χ2n) is 7.10. The van der Waals surface area contributed by atoms with Crippen LogP contribution in [0.4, 0.5) is 17.1 Å². The zero-order valence-electron chi connectivity index (χ0n) is 17.0. The van der Waals surface area contributed by atoms with E-state index in [1.165, 1.54) is 12.1 Å². The van der Waals surface area contributed by atoms with Gasteiger partial charge in [0.05, 0.1) is 21.8 Å². The normalized spacial score (nSPS) is 12.4. The highest BCUT2D eigenvalue weighted by Crippen LogP contribution is 2.34. The largest absolute Gasteiger partial charge is 0.322 e. The van der Waals surface area contributed by atoms with Crippen molar-refractivity contribution in [2.24, 2.45) is 0 Å². The quantitative estimate of drug-likeness (QED) is 0.194. The van der Waals surface area contributed by atoms with Crippen LogP contribution in [0, 0.1) is 0 Å². The van der Waals surface area contributed by atoms with Gasteiger partial charge in [-0.2, -0.15) is 8.42 Å². The smallest absolute Gasteiger partial charge is 0.294 e. The lowest BCUT2D eigenvalue weighted by atomic mass is 9.83. The lowest BCUT2D eigenvalue weighted by Gasteiger charge is -2.22. The Morgan fingerprint density at radius 1 is 0.848 bits per heavy atom. The summed E-state index contributed by atoms with van der Waals surface area (Å²) in [6, 6.07) is 14.8. The Kier molecular flexibility index (Phi) is 5.54. The van der Waals surface area contributed by atoms with Crippen molar-refractivity contribution < 1.29 is 27.4 Å². The summed E-state index contributed by atoms with van der Waals surface area (Å²) >= 11 is 0. The van der Waals surface area contributed by atoms with Gasteiger partial charge in [-0.1, -0.05) is 36.9 Å². The van der Waals surface area contributed by atoms with Crippen molar-refractivity contribution >= 4 is 44.7 Å². The molecule has 0 spiro atoms. The Balaban J connectivity index is 1.75. The van der Waals surface area contributed by atoms with Gasteiger partial charge in [0.15, 0.2) is 11.6 Å². The fourth-order valence-electron chi connectivity index (χ4n) is 3.45. The highest BCUT2D eigenvalue weighted by atomic mass is 32.2. The van der Waals surface area contributed by atoms with Crippen molar-refractivity contribution in [2.75, 3.05) is 16.2 Å². The van der Waals surface area contributed by atoms with E-state index in [1.54, 1.807) is 36.4 Å². The summed E-state index contributed by atoms with van der Waals surface area (Å²) in [6.07, 6.45) is 1.12. The first-order valence-electron chi connectivity index (χ1n) is 9.58. The van der Waals surface area contributed by atoms with E-state index in [0.29, 0.717) is 11.4 Å². The summed E-state index contributed by atoms with van der Waals surface area (Å²) in [5, 5.41) is 2.60. The third-order valence-electron chi connectivity index (χ3n) is 4.95. The summed E-state index contributed by atoms with van der Waals surface area (Å²) in [7, 11) is -4.67. The lowest BCUT2D eigenvalue weighted by molar-refractivity contribution is -0.111. The first kappa shape index (κ1) is 21.9. The number of carbonyl (C=O) groups is 3. The minimum atomic E-state index is -4.67. The van der Waals surface area contributed by atoms with Crippen molar-refractivity contribution in [2.45, 2.75) is 4.90 Å². The SMILES string of the molecule is C=CC(=O)Nc1cccc(NNc2cc(S(=O)(=O)O)cc3c2C(=O)c2ccccc2C3=O)c1. The van der Waals surface area contributed by atoms with E-state index in [2.05, 4.69) is 22.7 Å². The summed E-state index contributed by atoms with van der Waals surface area (Å²) in [6.45, 7) is 3.38. The Hall–Kier alpha value is -4.28. The number of nitrogens with one attached hydrogen (secondary N) is 3. The molecule has 0 bridgehead atoms. The molecule has 0 atom stereocenters. The van der Waals surface area contributed by atoms with Gasteiger partial charge in [0, 0.05) is 22.4 Å². The predicted octanol–water partition coefficient (Wildman–Crippen LogP) is 3.27. The average molecular weight is 463 g/mol. The standard InChI is InChI=1S/C23H17N3O6S/c1-2-20(27)24-13-6-5-7-14(10-13)25-26-19-12-15(33(30,31)32)11-18-21(19)23(29)17-9-4-3-8-16(17)22(18)28/h2-12,25-26H,1H2,(H,24,27)(H,30,31,32). The van der Waals surface area contributed by atoms with E-state index in [4.69, 9.17) is 0 Å². The maximum Gasteiger partial charge on any atom is 0.294 e. The molecule has 33 heavy (non-hydrogen) atoms. The van der Waals surface area contributed by atoms with E-state index in [9.17, 15) is 27.4 Å². The lowest BCUT2D eigenvalue weighted by Crippen LogP contribution is -2.24. The fourth-order valence-corrected chi connectivity index (χ4v) is 3.99. The van der Waals surface area contributed by atoms with Gasteiger partial charge in [-0.3, -0.25) is 18.9 Å². The third kappa shape index (κ3) is 4.25. The fraction of sp³-hybridized carbons (Fsp3) is 0. The number of amides is 1. The van der Waals surface area contributed by atoms with Crippen molar-refractivity contribution in [3.8, 4) is 0 Å². The van der Waals surface area contributed by atoms with Crippen molar-refractivity contribution in [1.29, 1.82) is 0 Å². The molecule has 3 aromatic carbocycles. The molecule has 4 N–H and O–H groups in total. The van der Waals surface area contributed by atoms with Crippen LogP contribution in [0.1, 0.15) is 31.8 Å². The Morgan fingerprint density at radius 2 is 1.52 bits per heavy atom. The number of rotatable bonds is 6. The molecule has 0 radical (unpaired) electrons. The number of hydrogen-bond acceptors (Lipinski definition) is 7. The molecule has 166 valence electrons. The molecule has 3 aromatic rings. The molecule has 1 aliphatic rings. The number of benzene rings is 3.